The zero-order valence-corrected chi connectivity index (χ0v) is 13.6. The lowest BCUT2D eigenvalue weighted by Gasteiger charge is -2.10. The van der Waals surface area contributed by atoms with E-state index in [1.165, 1.54) is 5.56 Å². The van der Waals surface area contributed by atoms with Crippen LogP contribution in [0.2, 0.25) is 5.02 Å². The van der Waals surface area contributed by atoms with Gasteiger partial charge in [0.1, 0.15) is 0 Å². The smallest absolute Gasteiger partial charge is 0.249 e. The minimum atomic E-state index is 0.434. The van der Waals surface area contributed by atoms with Gasteiger partial charge in [0.15, 0.2) is 5.82 Å². The molecule has 2 aromatic carbocycles. The molecule has 1 aromatic heterocycles. The van der Waals surface area contributed by atoms with Gasteiger partial charge < -0.3 is 10.6 Å². The predicted octanol–water partition coefficient (Wildman–Crippen LogP) is 4.63. The molecule has 0 spiro atoms. The number of rotatable bonds is 4. The Labute approximate surface area is 139 Å². The summed E-state index contributed by atoms with van der Waals surface area (Å²) in [5.74, 6) is 1.03. The van der Waals surface area contributed by atoms with E-state index in [1.807, 2.05) is 43.3 Å². The second-order valence-electron chi connectivity index (χ2n) is 5.24. The number of aryl methyl sites for hydroxylation is 2. The summed E-state index contributed by atoms with van der Waals surface area (Å²) >= 11 is 5.98. The molecule has 0 aliphatic rings. The Bertz CT molecular complexity index is 835. The first kappa shape index (κ1) is 15.2. The van der Waals surface area contributed by atoms with E-state index >= 15 is 0 Å². The van der Waals surface area contributed by atoms with Crippen LogP contribution in [0.3, 0.4) is 0 Å². The van der Waals surface area contributed by atoms with E-state index in [9.17, 15) is 0 Å². The summed E-state index contributed by atoms with van der Waals surface area (Å²) in [5, 5.41) is 15.0. The molecule has 0 aliphatic carbocycles. The molecule has 1 heterocycles. The van der Waals surface area contributed by atoms with Gasteiger partial charge in [-0.25, -0.2) is 0 Å². The fraction of sp³-hybridized carbons (Fsp3) is 0.118. The largest absolute Gasteiger partial charge is 0.339 e. The SMILES string of the molecule is Cc1ccc(Nc2nncc(Nc3cccc(Cl)c3)n2)c(C)c1. The third-order valence-corrected chi connectivity index (χ3v) is 3.52. The van der Waals surface area contributed by atoms with Gasteiger partial charge in [-0.2, -0.15) is 10.1 Å². The Morgan fingerprint density at radius 1 is 1.00 bits per heavy atom. The van der Waals surface area contributed by atoms with Gasteiger partial charge in [-0.05, 0) is 43.7 Å². The maximum absolute atomic E-state index is 5.98. The second-order valence-corrected chi connectivity index (χ2v) is 5.68. The molecule has 3 aromatic rings. The molecule has 3 rings (SSSR count). The molecule has 0 unspecified atom stereocenters. The quantitative estimate of drug-likeness (QED) is 0.732. The van der Waals surface area contributed by atoms with E-state index < -0.39 is 0 Å². The van der Waals surface area contributed by atoms with Gasteiger partial charge in [0, 0.05) is 16.4 Å². The number of halogens is 1. The van der Waals surface area contributed by atoms with E-state index in [4.69, 9.17) is 11.6 Å². The fourth-order valence-corrected chi connectivity index (χ4v) is 2.40. The van der Waals surface area contributed by atoms with Crippen LogP contribution >= 0.6 is 11.6 Å². The van der Waals surface area contributed by atoms with E-state index in [2.05, 4.69) is 38.8 Å². The van der Waals surface area contributed by atoms with Crippen molar-refractivity contribution in [1.82, 2.24) is 15.2 Å². The Balaban J connectivity index is 1.79. The van der Waals surface area contributed by atoms with Gasteiger partial charge in [0.2, 0.25) is 5.95 Å². The molecule has 116 valence electrons. The molecule has 0 radical (unpaired) electrons. The van der Waals surface area contributed by atoms with Crippen molar-refractivity contribution >= 4 is 34.7 Å². The Morgan fingerprint density at radius 3 is 2.65 bits per heavy atom. The fourth-order valence-electron chi connectivity index (χ4n) is 2.21. The summed E-state index contributed by atoms with van der Waals surface area (Å²) in [7, 11) is 0. The summed E-state index contributed by atoms with van der Waals surface area (Å²) < 4.78 is 0. The van der Waals surface area contributed by atoms with E-state index in [0.29, 0.717) is 16.8 Å². The molecular formula is C17H16ClN5. The molecule has 6 heteroatoms. The zero-order valence-electron chi connectivity index (χ0n) is 12.8. The Kier molecular flexibility index (Phi) is 4.39. The van der Waals surface area contributed by atoms with E-state index in [0.717, 1.165) is 16.9 Å². The zero-order chi connectivity index (χ0) is 16.2. The van der Waals surface area contributed by atoms with Crippen LogP contribution in [0.15, 0.2) is 48.7 Å². The average Bonchev–Trinajstić information content (AvgIpc) is 2.51. The molecule has 0 atom stereocenters. The summed E-state index contributed by atoms with van der Waals surface area (Å²) in [6.45, 7) is 4.10. The minimum absolute atomic E-state index is 0.434. The monoisotopic (exact) mass is 325 g/mol. The second kappa shape index (κ2) is 6.62. The third-order valence-electron chi connectivity index (χ3n) is 3.28. The predicted molar refractivity (Wildman–Crippen MR) is 93.8 cm³/mol. The van der Waals surface area contributed by atoms with Crippen LogP contribution in [0.1, 0.15) is 11.1 Å². The molecule has 0 aliphatic heterocycles. The lowest BCUT2D eigenvalue weighted by atomic mass is 10.1. The van der Waals surface area contributed by atoms with E-state index in [-0.39, 0.29) is 0 Å². The summed E-state index contributed by atoms with van der Waals surface area (Å²) in [6, 6.07) is 13.6. The van der Waals surface area contributed by atoms with Gasteiger partial charge in [0.25, 0.3) is 0 Å². The number of aromatic nitrogens is 3. The first-order chi connectivity index (χ1) is 11.1. The molecule has 0 saturated heterocycles. The highest BCUT2D eigenvalue weighted by Gasteiger charge is 2.04. The summed E-state index contributed by atoms with van der Waals surface area (Å²) in [6.07, 6.45) is 1.56. The number of nitrogens with zero attached hydrogens (tertiary/aromatic N) is 3. The standard InChI is InChI=1S/C17H16ClN5/c1-11-6-7-15(12(2)8-11)21-17-22-16(10-19-23-17)20-14-5-3-4-13(18)9-14/h3-10H,1-2H3,(H2,20,21,22,23). The van der Waals surface area contributed by atoms with Gasteiger partial charge in [0.05, 0.1) is 6.20 Å². The first-order valence-electron chi connectivity index (χ1n) is 7.17. The molecule has 23 heavy (non-hydrogen) atoms. The molecule has 0 bridgehead atoms. The van der Waals surface area contributed by atoms with Crippen LogP contribution in [-0.4, -0.2) is 15.2 Å². The third kappa shape index (κ3) is 3.96. The number of nitrogens with one attached hydrogen (secondary N) is 2. The Morgan fingerprint density at radius 2 is 1.87 bits per heavy atom. The number of benzene rings is 2. The van der Waals surface area contributed by atoms with Crippen molar-refractivity contribution in [2.24, 2.45) is 0 Å². The van der Waals surface area contributed by atoms with Crippen LogP contribution in [-0.2, 0) is 0 Å². The van der Waals surface area contributed by atoms with Gasteiger partial charge >= 0.3 is 0 Å². The van der Waals surface area contributed by atoms with Crippen LogP contribution in [0, 0.1) is 13.8 Å². The van der Waals surface area contributed by atoms with Crippen molar-refractivity contribution in [3.05, 3.63) is 64.8 Å². The van der Waals surface area contributed by atoms with E-state index in [1.54, 1.807) is 6.20 Å². The van der Waals surface area contributed by atoms with Crippen LogP contribution < -0.4 is 10.6 Å². The normalized spacial score (nSPS) is 10.4. The highest BCUT2D eigenvalue weighted by Crippen LogP contribution is 2.21. The first-order valence-corrected chi connectivity index (χ1v) is 7.54. The van der Waals surface area contributed by atoms with Crippen molar-refractivity contribution < 1.29 is 0 Å². The molecule has 0 amide bonds. The van der Waals surface area contributed by atoms with Crippen molar-refractivity contribution in [2.45, 2.75) is 13.8 Å². The lowest BCUT2D eigenvalue weighted by molar-refractivity contribution is 0.981. The molecule has 5 nitrogen and oxygen atoms in total. The lowest BCUT2D eigenvalue weighted by Crippen LogP contribution is -2.03. The number of hydrogen-bond acceptors (Lipinski definition) is 5. The van der Waals surface area contributed by atoms with Crippen molar-refractivity contribution in [3.8, 4) is 0 Å². The molecule has 0 saturated carbocycles. The van der Waals surface area contributed by atoms with Gasteiger partial charge in [-0.3, -0.25) is 0 Å². The minimum Gasteiger partial charge on any atom is -0.339 e. The maximum atomic E-state index is 5.98. The van der Waals surface area contributed by atoms with Crippen LogP contribution in [0.5, 0.6) is 0 Å². The van der Waals surface area contributed by atoms with Crippen molar-refractivity contribution in [3.63, 3.8) is 0 Å². The summed E-state index contributed by atoms with van der Waals surface area (Å²) in [5.41, 5.74) is 4.14. The number of hydrogen-bond donors (Lipinski definition) is 2. The van der Waals surface area contributed by atoms with Crippen LogP contribution in [0.4, 0.5) is 23.1 Å². The van der Waals surface area contributed by atoms with Gasteiger partial charge in [-0.1, -0.05) is 35.4 Å². The van der Waals surface area contributed by atoms with Crippen molar-refractivity contribution in [1.29, 1.82) is 0 Å². The molecular weight excluding hydrogens is 310 g/mol. The highest BCUT2D eigenvalue weighted by molar-refractivity contribution is 6.30. The van der Waals surface area contributed by atoms with Gasteiger partial charge in [-0.15, -0.1) is 5.10 Å². The topological polar surface area (TPSA) is 62.7 Å². The molecule has 0 fully saturated rings. The average molecular weight is 326 g/mol. The highest BCUT2D eigenvalue weighted by atomic mass is 35.5. The Hall–Kier alpha value is -2.66. The van der Waals surface area contributed by atoms with Crippen LogP contribution in [0.25, 0.3) is 0 Å². The maximum Gasteiger partial charge on any atom is 0.249 e. The summed E-state index contributed by atoms with van der Waals surface area (Å²) in [4.78, 5) is 4.42. The van der Waals surface area contributed by atoms with Crippen molar-refractivity contribution in [2.75, 3.05) is 10.6 Å². The number of anilines is 4. The molecule has 2 N–H and O–H groups in total.